The van der Waals surface area contributed by atoms with Crippen LogP contribution in [0.4, 0.5) is 17.3 Å². The number of anilines is 3. The maximum atomic E-state index is 11.9. The average Bonchev–Trinajstić information content (AvgIpc) is 2.61. The van der Waals surface area contributed by atoms with E-state index in [9.17, 15) is 18.8 Å². The van der Waals surface area contributed by atoms with Crippen molar-refractivity contribution in [2.75, 3.05) is 23.0 Å². The van der Waals surface area contributed by atoms with E-state index in [4.69, 9.17) is 16.7 Å². The van der Waals surface area contributed by atoms with Gasteiger partial charge in [0.05, 0.1) is 10.6 Å². The number of sulfone groups is 1. The van der Waals surface area contributed by atoms with E-state index in [1.54, 1.807) is 6.19 Å². The van der Waals surface area contributed by atoms with Crippen LogP contribution in [-0.2, 0) is 9.84 Å². The molecule has 0 spiro atoms. The number of aromatic nitrogens is 1. The lowest BCUT2D eigenvalue weighted by Crippen LogP contribution is -2.32. The summed E-state index contributed by atoms with van der Waals surface area (Å²) in [4.78, 5) is 8.32. The van der Waals surface area contributed by atoms with Gasteiger partial charge in [-0.1, -0.05) is 0 Å². The van der Waals surface area contributed by atoms with Crippen LogP contribution in [0.15, 0.2) is 28.1 Å². The van der Waals surface area contributed by atoms with Crippen LogP contribution in [0.1, 0.15) is 22.7 Å². The standard InChI is InChI=1S/C16H14N8O3S/c1-28(26,27)7-2-3-10(25)8(4-7)13-11-12(19)9(5-17)14(20)23-15(11)24-16(22-13)21-6-18/h2-4,13,25H,1H3,(H6,19,20,21,22,23,24). The van der Waals surface area contributed by atoms with Crippen molar-refractivity contribution in [2.24, 2.45) is 4.99 Å². The number of pyridine rings is 1. The number of phenolic OH excluding ortho intramolecular Hbond substituents is 1. The molecule has 1 aromatic carbocycles. The van der Waals surface area contributed by atoms with E-state index >= 15 is 0 Å². The topological polar surface area (TPSA) is 203 Å². The molecule has 2 heterocycles. The van der Waals surface area contributed by atoms with Gasteiger partial charge in [-0.25, -0.2) is 18.4 Å². The van der Waals surface area contributed by atoms with Crippen LogP contribution in [-0.4, -0.2) is 30.7 Å². The predicted octanol–water partition coefficient (Wildman–Crippen LogP) is 0.168. The monoisotopic (exact) mass is 398 g/mol. The maximum absolute atomic E-state index is 11.9. The molecule has 1 unspecified atom stereocenters. The smallest absolute Gasteiger partial charge is 0.211 e. The Labute approximate surface area is 159 Å². The molecule has 12 heteroatoms. The molecule has 3 rings (SSSR count). The molecule has 28 heavy (non-hydrogen) atoms. The number of nitrogens with two attached hydrogens (primary N) is 2. The second-order valence-corrected chi connectivity index (χ2v) is 7.91. The van der Waals surface area contributed by atoms with Crippen LogP contribution < -0.4 is 22.1 Å². The van der Waals surface area contributed by atoms with Crippen molar-refractivity contribution >= 4 is 33.1 Å². The highest BCUT2D eigenvalue weighted by atomic mass is 32.2. The molecule has 0 aliphatic carbocycles. The third kappa shape index (κ3) is 3.08. The summed E-state index contributed by atoms with van der Waals surface area (Å²) in [5.74, 6) is -0.270. The number of rotatable bonds is 2. The largest absolute Gasteiger partial charge is 0.508 e. The third-order valence-corrected chi connectivity index (χ3v) is 5.19. The number of guanidine groups is 1. The number of nitriles is 2. The Kier molecular flexibility index (Phi) is 4.42. The Balaban J connectivity index is 2.33. The number of phenols is 1. The van der Waals surface area contributed by atoms with E-state index < -0.39 is 15.9 Å². The van der Waals surface area contributed by atoms with Crippen molar-refractivity contribution in [3.8, 4) is 18.0 Å². The highest BCUT2D eigenvalue weighted by Crippen LogP contribution is 2.43. The summed E-state index contributed by atoms with van der Waals surface area (Å²) in [6.45, 7) is 0. The minimum absolute atomic E-state index is 0.0137. The zero-order chi connectivity index (χ0) is 20.6. The fourth-order valence-electron chi connectivity index (χ4n) is 2.79. The second kappa shape index (κ2) is 6.61. The molecule has 0 fully saturated rings. The molecule has 0 amide bonds. The summed E-state index contributed by atoms with van der Waals surface area (Å²) in [6.07, 6.45) is 2.72. The minimum Gasteiger partial charge on any atom is -0.508 e. The minimum atomic E-state index is -3.57. The van der Waals surface area contributed by atoms with Crippen LogP contribution in [0.25, 0.3) is 0 Å². The summed E-state index contributed by atoms with van der Waals surface area (Å²) in [6, 6.07) is 4.52. The molecule has 1 aliphatic rings. The molecule has 1 atom stereocenters. The number of nitrogens with one attached hydrogen (secondary N) is 2. The van der Waals surface area contributed by atoms with Crippen molar-refractivity contribution in [2.45, 2.75) is 10.9 Å². The molecule has 0 bridgehead atoms. The Morgan fingerprint density at radius 2 is 2.04 bits per heavy atom. The average molecular weight is 398 g/mol. The number of nitrogen functional groups attached to an aromatic ring is 2. The van der Waals surface area contributed by atoms with Gasteiger partial charge in [-0.2, -0.15) is 10.5 Å². The number of hydrogen-bond acceptors (Lipinski definition) is 11. The Hall–Kier alpha value is -4.03. The Bertz CT molecular complexity index is 1210. The van der Waals surface area contributed by atoms with Crippen molar-refractivity contribution in [3.05, 3.63) is 34.9 Å². The quantitative estimate of drug-likeness (QED) is 0.342. The van der Waals surface area contributed by atoms with Crippen molar-refractivity contribution in [3.63, 3.8) is 0 Å². The van der Waals surface area contributed by atoms with Gasteiger partial charge in [-0.3, -0.25) is 5.32 Å². The van der Waals surface area contributed by atoms with Gasteiger partial charge in [0.2, 0.25) is 5.96 Å². The van der Waals surface area contributed by atoms with Gasteiger partial charge >= 0.3 is 0 Å². The molecular weight excluding hydrogens is 384 g/mol. The molecule has 1 aliphatic heterocycles. The fourth-order valence-corrected chi connectivity index (χ4v) is 3.44. The van der Waals surface area contributed by atoms with Gasteiger partial charge in [0.1, 0.15) is 35.1 Å². The number of aromatic hydroxyl groups is 1. The molecule has 142 valence electrons. The Morgan fingerprint density at radius 1 is 1.32 bits per heavy atom. The summed E-state index contributed by atoms with van der Waals surface area (Å²) in [5, 5.41) is 33.6. The number of fused-ring (bicyclic) bond motifs is 1. The molecule has 0 radical (unpaired) electrons. The van der Waals surface area contributed by atoms with E-state index in [0.717, 1.165) is 6.26 Å². The fraction of sp³-hybridized carbons (Fsp3) is 0.125. The zero-order valence-electron chi connectivity index (χ0n) is 14.4. The van der Waals surface area contributed by atoms with Gasteiger partial charge in [0, 0.05) is 17.4 Å². The molecule has 0 saturated carbocycles. The van der Waals surface area contributed by atoms with Crippen LogP contribution in [0.2, 0.25) is 0 Å². The van der Waals surface area contributed by atoms with E-state index in [1.807, 2.05) is 6.07 Å². The van der Waals surface area contributed by atoms with Crippen LogP contribution in [0, 0.1) is 22.8 Å². The normalized spacial score (nSPS) is 15.4. The van der Waals surface area contributed by atoms with E-state index in [0.29, 0.717) is 0 Å². The Morgan fingerprint density at radius 3 is 2.64 bits per heavy atom. The number of benzene rings is 1. The summed E-state index contributed by atoms with van der Waals surface area (Å²) in [5.41, 5.74) is 12.1. The highest BCUT2D eigenvalue weighted by molar-refractivity contribution is 7.90. The maximum Gasteiger partial charge on any atom is 0.211 e. The van der Waals surface area contributed by atoms with Crippen LogP contribution in [0.5, 0.6) is 5.75 Å². The van der Waals surface area contributed by atoms with E-state index in [-0.39, 0.29) is 50.6 Å². The van der Waals surface area contributed by atoms with Gasteiger partial charge in [0.15, 0.2) is 16.0 Å². The van der Waals surface area contributed by atoms with Gasteiger partial charge < -0.3 is 21.9 Å². The van der Waals surface area contributed by atoms with Crippen LogP contribution in [0.3, 0.4) is 0 Å². The van der Waals surface area contributed by atoms with Gasteiger partial charge in [-0.05, 0) is 18.2 Å². The lowest BCUT2D eigenvalue weighted by Gasteiger charge is -2.26. The molecular formula is C16H14N8O3S. The zero-order valence-corrected chi connectivity index (χ0v) is 15.2. The van der Waals surface area contributed by atoms with Crippen molar-refractivity contribution in [1.29, 1.82) is 10.5 Å². The number of nitrogens with zero attached hydrogens (tertiary/aromatic N) is 4. The molecule has 2 aromatic rings. The van der Waals surface area contributed by atoms with Crippen molar-refractivity contribution < 1.29 is 13.5 Å². The molecule has 7 N–H and O–H groups in total. The van der Waals surface area contributed by atoms with Gasteiger partial charge in [-0.15, -0.1) is 0 Å². The van der Waals surface area contributed by atoms with E-state index in [2.05, 4.69) is 20.6 Å². The predicted molar refractivity (Wildman–Crippen MR) is 101 cm³/mol. The SMILES string of the molecule is CS(=O)(=O)c1ccc(O)c(C2N=C(NC#N)Nc3nc(N)c(C#N)c(N)c32)c1. The summed E-state index contributed by atoms with van der Waals surface area (Å²) in [7, 11) is -3.57. The van der Waals surface area contributed by atoms with Crippen LogP contribution >= 0.6 is 0 Å². The number of hydrogen-bond donors (Lipinski definition) is 5. The lowest BCUT2D eigenvalue weighted by molar-refractivity contribution is 0.464. The highest BCUT2D eigenvalue weighted by Gasteiger charge is 2.31. The third-order valence-electron chi connectivity index (χ3n) is 4.08. The van der Waals surface area contributed by atoms with Crippen molar-refractivity contribution in [1.82, 2.24) is 10.3 Å². The molecule has 11 nitrogen and oxygen atoms in total. The van der Waals surface area contributed by atoms with Gasteiger partial charge in [0.25, 0.3) is 0 Å². The van der Waals surface area contributed by atoms with E-state index in [1.165, 1.54) is 18.2 Å². The lowest BCUT2D eigenvalue weighted by atomic mass is 9.94. The first-order valence-electron chi connectivity index (χ1n) is 7.69. The first-order valence-corrected chi connectivity index (χ1v) is 9.58. The number of aliphatic imine (C=N–C) groups is 1. The first kappa shape index (κ1) is 18.8. The first-order chi connectivity index (χ1) is 13.2. The summed E-state index contributed by atoms with van der Waals surface area (Å²) >= 11 is 0. The summed E-state index contributed by atoms with van der Waals surface area (Å²) < 4.78 is 23.8. The molecule has 0 saturated heterocycles. The molecule has 1 aromatic heterocycles. The second-order valence-electron chi connectivity index (χ2n) is 5.89.